The van der Waals surface area contributed by atoms with E-state index in [4.69, 9.17) is 11.6 Å². The van der Waals surface area contributed by atoms with Gasteiger partial charge in [-0.05, 0) is 43.5 Å². The molecule has 80 valence electrons. The first kappa shape index (κ1) is 10.7. The van der Waals surface area contributed by atoms with E-state index in [2.05, 4.69) is 0 Å². The van der Waals surface area contributed by atoms with Crippen LogP contribution in [0.1, 0.15) is 30.1 Å². The summed E-state index contributed by atoms with van der Waals surface area (Å²) in [4.78, 5) is 11.7. The molecule has 0 aliphatic heterocycles. The van der Waals surface area contributed by atoms with Crippen LogP contribution in [-0.2, 0) is 0 Å². The van der Waals surface area contributed by atoms with E-state index in [1.807, 2.05) is 0 Å². The first-order valence-electron chi connectivity index (χ1n) is 5.00. The number of rotatable bonds is 3. The second-order valence-corrected chi connectivity index (χ2v) is 4.83. The average molecular weight is 225 g/mol. The quantitative estimate of drug-likeness (QED) is 0.802. The Morgan fingerprint density at radius 1 is 1.53 bits per heavy atom. The predicted octanol–water partition coefficient (Wildman–Crippen LogP) is 2.68. The molecule has 1 N–H and O–H groups in total. The summed E-state index contributed by atoms with van der Waals surface area (Å²) in [6, 6.07) is 6.86. The van der Waals surface area contributed by atoms with Crippen LogP contribution >= 0.6 is 11.6 Å². The van der Waals surface area contributed by atoms with Gasteiger partial charge in [0.1, 0.15) is 0 Å². The van der Waals surface area contributed by atoms with E-state index < -0.39 is 5.60 Å². The molecule has 1 aromatic carbocycles. The second-order valence-electron chi connectivity index (χ2n) is 4.39. The Bertz CT molecular complexity index is 381. The Kier molecular flexibility index (Phi) is 2.57. The van der Waals surface area contributed by atoms with Crippen LogP contribution in [0.15, 0.2) is 24.3 Å². The molecule has 1 aliphatic carbocycles. The zero-order valence-electron chi connectivity index (χ0n) is 8.53. The minimum atomic E-state index is -0.623. The van der Waals surface area contributed by atoms with Crippen molar-refractivity contribution >= 4 is 17.4 Å². The zero-order valence-corrected chi connectivity index (χ0v) is 9.29. The van der Waals surface area contributed by atoms with E-state index in [9.17, 15) is 9.90 Å². The van der Waals surface area contributed by atoms with Crippen molar-refractivity contribution in [3.05, 3.63) is 34.9 Å². The Morgan fingerprint density at radius 3 is 2.53 bits per heavy atom. The number of carbonyl (C=O) groups is 1. The third-order valence-corrected chi connectivity index (χ3v) is 3.23. The van der Waals surface area contributed by atoms with Crippen LogP contribution < -0.4 is 0 Å². The maximum absolute atomic E-state index is 11.7. The first-order valence-corrected chi connectivity index (χ1v) is 5.38. The highest BCUT2D eigenvalue weighted by Crippen LogP contribution is 2.45. The van der Waals surface area contributed by atoms with Gasteiger partial charge in [-0.15, -0.1) is 0 Å². The number of halogens is 1. The van der Waals surface area contributed by atoms with Crippen molar-refractivity contribution in [2.45, 2.75) is 25.4 Å². The number of hydrogen-bond donors (Lipinski definition) is 1. The maximum Gasteiger partial charge on any atom is 0.163 e. The molecule has 0 amide bonds. The van der Waals surface area contributed by atoms with E-state index >= 15 is 0 Å². The van der Waals surface area contributed by atoms with Crippen molar-refractivity contribution in [3.63, 3.8) is 0 Å². The first-order chi connectivity index (χ1) is 6.99. The van der Waals surface area contributed by atoms with Crippen LogP contribution in [0, 0.1) is 5.92 Å². The van der Waals surface area contributed by atoms with E-state index in [1.165, 1.54) is 0 Å². The molecule has 1 aromatic rings. The summed E-state index contributed by atoms with van der Waals surface area (Å²) in [7, 11) is 0. The van der Waals surface area contributed by atoms with Crippen molar-refractivity contribution in [2.24, 2.45) is 5.92 Å². The van der Waals surface area contributed by atoms with Crippen molar-refractivity contribution in [1.29, 1.82) is 0 Å². The second kappa shape index (κ2) is 3.62. The van der Waals surface area contributed by atoms with Gasteiger partial charge in [-0.1, -0.05) is 11.6 Å². The van der Waals surface area contributed by atoms with E-state index in [0.29, 0.717) is 17.0 Å². The Hall–Kier alpha value is -0.860. The Balaban J connectivity index is 2.00. The third-order valence-electron chi connectivity index (χ3n) is 2.98. The van der Waals surface area contributed by atoms with Crippen LogP contribution in [0.25, 0.3) is 0 Å². The smallest absolute Gasteiger partial charge is 0.163 e. The lowest BCUT2D eigenvalue weighted by Crippen LogP contribution is -2.08. The zero-order chi connectivity index (χ0) is 11.1. The lowest BCUT2D eigenvalue weighted by Gasteiger charge is -2.02. The average Bonchev–Trinajstić information content (AvgIpc) is 2.74. The van der Waals surface area contributed by atoms with Crippen molar-refractivity contribution in [1.82, 2.24) is 0 Å². The summed E-state index contributed by atoms with van der Waals surface area (Å²) in [6.07, 6.45) is 1.15. The van der Waals surface area contributed by atoms with Gasteiger partial charge >= 0.3 is 0 Å². The normalized spacial score (nSPS) is 28.9. The molecule has 0 radical (unpaired) electrons. The minimum Gasteiger partial charge on any atom is -0.390 e. The summed E-state index contributed by atoms with van der Waals surface area (Å²) in [5, 5.41) is 10.2. The Labute approximate surface area is 93.9 Å². The monoisotopic (exact) mass is 224 g/mol. The van der Waals surface area contributed by atoms with Crippen LogP contribution in [0.3, 0.4) is 0 Å². The summed E-state index contributed by atoms with van der Waals surface area (Å²) in [5.41, 5.74) is 0.0457. The molecule has 15 heavy (non-hydrogen) atoms. The van der Waals surface area contributed by atoms with Gasteiger partial charge < -0.3 is 5.11 Å². The molecule has 1 aliphatic rings. The molecule has 2 unspecified atom stereocenters. The molecule has 2 nitrogen and oxygen atoms in total. The van der Waals surface area contributed by atoms with Crippen molar-refractivity contribution in [2.75, 3.05) is 0 Å². The van der Waals surface area contributed by atoms with Gasteiger partial charge in [-0.3, -0.25) is 4.79 Å². The fourth-order valence-electron chi connectivity index (χ4n) is 1.71. The molecular weight excluding hydrogens is 212 g/mol. The highest BCUT2D eigenvalue weighted by Gasteiger charge is 2.49. The molecule has 2 rings (SSSR count). The fraction of sp³-hybridized carbons (Fsp3) is 0.417. The van der Waals surface area contributed by atoms with Crippen LogP contribution in [0.2, 0.25) is 5.02 Å². The van der Waals surface area contributed by atoms with Gasteiger partial charge in [-0.25, -0.2) is 0 Å². The fourth-order valence-corrected chi connectivity index (χ4v) is 1.84. The largest absolute Gasteiger partial charge is 0.390 e. The number of hydrogen-bond acceptors (Lipinski definition) is 2. The van der Waals surface area contributed by atoms with Crippen LogP contribution in [0.5, 0.6) is 0 Å². The molecule has 1 saturated carbocycles. The molecule has 2 atom stereocenters. The molecule has 0 aromatic heterocycles. The van der Waals surface area contributed by atoms with Gasteiger partial charge in [0.25, 0.3) is 0 Å². The molecule has 3 heteroatoms. The van der Waals surface area contributed by atoms with E-state index in [-0.39, 0.29) is 11.7 Å². The maximum atomic E-state index is 11.7. The molecule has 0 spiro atoms. The summed E-state index contributed by atoms with van der Waals surface area (Å²) in [5.74, 6) is 0.204. The van der Waals surface area contributed by atoms with Gasteiger partial charge in [-0.2, -0.15) is 0 Å². The standard InChI is InChI=1S/C12H13ClO2/c1-12(15)7-9(12)6-11(14)8-2-4-10(13)5-3-8/h2-5,9,15H,6-7H2,1H3. The number of benzene rings is 1. The highest BCUT2D eigenvalue weighted by molar-refractivity contribution is 6.30. The highest BCUT2D eigenvalue weighted by atomic mass is 35.5. The van der Waals surface area contributed by atoms with Gasteiger partial charge in [0.2, 0.25) is 0 Å². The van der Waals surface area contributed by atoms with Crippen LogP contribution in [0.4, 0.5) is 0 Å². The van der Waals surface area contributed by atoms with E-state index in [1.54, 1.807) is 31.2 Å². The van der Waals surface area contributed by atoms with Gasteiger partial charge in [0.15, 0.2) is 5.78 Å². The molecule has 0 saturated heterocycles. The van der Waals surface area contributed by atoms with Crippen molar-refractivity contribution < 1.29 is 9.90 Å². The number of Topliss-reactive ketones (excluding diaryl/α,β-unsaturated/α-hetero) is 1. The summed E-state index contributed by atoms with van der Waals surface area (Å²) in [6.45, 7) is 1.77. The summed E-state index contributed by atoms with van der Waals surface area (Å²) < 4.78 is 0. The molecular formula is C12H13ClO2. The lowest BCUT2D eigenvalue weighted by atomic mass is 10.0. The molecule has 1 fully saturated rings. The predicted molar refractivity (Wildman–Crippen MR) is 59.1 cm³/mol. The molecule has 0 heterocycles. The van der Waals surface area contributed by atoms with E-state index in [0.717, 1.165) is 6.42 Å². The topological polar surface area (TPSA) is 37.3 Å². The minimum absolute atomic E-state index is 0.0782. The van der Waals surface area contributed by atoms with Gasteiger partial charge in [0, 0.05) is 17.0 Å². The van der Waals surface area contributed by atoms with Crippen molar-refractivity contribution in [3.8, 4) is 0 Å². The molecule has 0 bridgehead atoms. The number of aliphatic hydroxyl groups is 1. The Morgan fingerprint density at radius 2 is 2.07 bits per heavy atom. The van der Waals surface area contributed by atoms with Crippen LogP contribution in [-0.4, -0.2) is 16.5 Å². The summed E-state index contributed by atoms with van der Waals surface area (Å²) >= 11 is 5.73. The lowest BCUT2D eigenvalue weighted by molar-refractivity contribution is 0.0941. The number of ketones is 1. The SMILES string of the molecule is CC1(O)CC1CC(=O)c1ccc(Cl)cc1. The number of carbonyl (C=O) groups excluding carboxylic acids is 1. The van der Waals surface area contributed by atoms with Gasteiger partial charge in [0.05, 0.1) is 5.60 Å². The third kappa shape index (κ3) is 2.39.